The van der Waals surface area contributed by atoms with E-state index in [1.54, 1.807) is 0 Å². The molecule has 11 heteroatoms. The number of sulfonamides is 1. The second-order valence-electron chi connectivity index (χ2n) is 8.27. The molecule has 1 amide bonds. The van der Waals surface area contributed by atoms with Gasteiger partial charge >= 0.3 is 0 Å². The Kier molecular flexibility index (Phi) is 8.46. The summed E-state index contributed by atoms with van der Waals surface area (Å²) in [5, 5.41) is 14.0. The van der Waals surface area contributed by atoms with E-state index in [-0.39, 0.29) is 23.7 Å². The number of hydrogen-bond donors (Lipinski definition) is 1. The number of piperidine rings is 1. The van der Waals surface area contributed by atoms with E-state index in [4.69, 9.17) is 4.74 Å². The van der Waals surface area contributed by atoms with Crippen LogP contribution in [0.4, 0.5) is 11.4 Å². The predicted molar refractivity (Wildman–Crippen MR) is 129 cm³/mol. The summed E-state index contributed by atoms with van der Waals surface area (Å²) in [6.07, 6.45) is 4.55. The van der Waals surface area contributed by atoms with Gasteiger partial charge in [0.25, 0.3) is 5.69 Å². The van der Waals surface area contributed by atoms with Crippen LogP contribution in [0, 0.1) is 10.1 Å². The van der Waals surface area contributed by atoms with Gasteiger partial charge < -0.3 is 10.1 Å². The van der Waals surface area contributed by atoms with Crippen molar-refractivity contribution in [3.8, 4) is 5.75 Å². The molecule has 1 heterocycles. The lowest BCUT2D eigenvalue weighted by Crippen LogP contribution is -2.40. The van der Waals surface area contributed by atoms with Gasteiger partial charge in [0.1, 0.15) is 18.0 Å². The monoisotopic (exact) mass is 490 g/mol. The van der Waals surface area contributed by atoms with Crippen molar-refractivity contribution >= 4 is 27.3 Å². The minimum atomic E-state index is -3.94. The number of nitrogens with one attached hydrogen (secondary N) is 1. The average molecular weight is 491 g/mol. The zero-order chi connectivity index (χ0) is 24.7. The molecular weight excluding hydrogens is 460 g/mol. The number of likely N-dealkylation sites (tertiary alicyclic amines) is 1. The zero-order valence-electron chi connectivity index (χ0n) is 19.4. The van der Waals surface area contributed by atoms with Gasteiger partial charge in [-0.05, 0) is 43.1 Å². The highest BCUT2D eigenvalue weighted by molar-refractivity contribution is 7.92. The van der Waals surface area contributed by atoms with Gasteiger partial charge in [0.2, 0.25) is 15.9 Å². The first kappa shape index (κ1) is 25.4. The first-order valence-electron chi connectivity index (χ1n) is 11.0. The maximum Gasteiger partial charge on any atom is 0.271 e. The summed E-state index contributed by atoms with van der Waals surface area (Å²) < 4.78 is 31.0. The Balaban J connectivity index is 1.74. The smallest absolute Gasteiger partial charge is 0.271 e. The van der Waals surface area contributed by atoms with Crippen LogP contribution in [0.3, 0.4) is 0 Å². The molecule has 1 saturated heterocycles. The molecule has 1 N–H and O–H groups in total. The van der Waals surface area contributed by atoms with Crippen LogP contribution >= 0.6 is 0 Å². The lowest BCUT2D eigenvalue weighted by molar-refractivity contribution is -0.384. The number of carbonyl (C=O) groups excluding carboxylic acids is 1. The van der Waals surface area contributed by atoms with E-state index in [0.29, 0.717) is 0 Å². The number of methoxy groups -OCH3 is 1. The third-order valence-corrected chi connectivity index (χ3v) is 6.89. The van der Waals surface area contributed by atoms with Crippen molar-refractivity contribution in [2.45, 2.75) is 32.4 Å². The second-order valence-corrected chi connectivity index (χ2v) is 10.2. The van der Waals surface area contributed by atoms with Crippen molar-refractivity contribution < 1.29 is 22.9 Å². The van der Waals surface area contributed by atoms with Gasteiger partial charge in [0, 0.05) is 25.2 Å². The Labute approximate surface area is 199 Å². The molecule has 3 rings (SSSR count). The molecule has 0 saturated carbocycles. The molecule has 10 nitrogen and oxygen atoms in total. The lowest BCUT2D eigenvalue weighted by atomic mass is 10.0. The number of benzene rings is 2. The highest BCUT2D eigenvalue weighted by Gasteiger charge is 2.26. The number of nitro benzene ring substituents is 1. The fourth-order valence-corrected chi connectivity index (χ4v) is 4.84. The minimum absolute atomic E-state index is 0.0696. The number of nitrogens with zero attached hydrogens (tertiary/aromatic N) is 3. The van der Waals surface area contributed by atoms with E-state index in [1.165, 1.54) is 38.5 Å². The molecule has 34 heavy (non-hydrogen) atoms. The Morgan fingerprint density at radius 1 is 1.15 bits per heavy atom. The van der Waals surface area contributed by atoms with Gasteiger partial charge in [-0.1, -0.05) is 30.7 Å². The first-order chi connectivity index (χ1) is 16.2. The summed E-state index contributed by atoms with van der Waals surface area (Å²) >= 11 is 0. The van der Waals surface area contributed by atoms with E-state index in [1.807, 2.05) is 24.3 Å². The minimum Gasteiger partial charge on any atom is -0.495 e. The van der Waals surface area contributed by atoms with Gasteiger partial charge in [-0.15, -0.1) is 0 Å². The standard InChI is InChI=1S/C23H30N4O6S/c1-33-22-11-10-20(27(29)30)14-21(22)26(34(2,31)32)17-23(28)24-15-18-8-4-5-9-19(18)16-25-12-6-3-7-13-25/h4-5,8-11,14H,3,6-7,12-13,15-17H2,1-2H3,(H,24,28). The summed E-state index contributed by atoms with van der Waals surface area (Å²) in [5.74, 6) is -0.428. The molecule has 0 radical (unpaired) electrons. The van der Waals surface area contributed by atoms with Crippen molar-refractivity contribution in [2.75, 3.05) is 37.3 Å². The van der Waals surface area contributed by atoms with E-state index in [0.717, 1.165) is 47.4 Å². The zero-order valence-corrected chi connectivity index (χ0v) is 20.2. The molecule has 184 valence electrons. The number of non-ortho nitro benzene ring substituents is 1. The highest BCUT2D eigenvalue weighted by atomic mass is 32.2. The Morgan fingerprint density at radius 3 is 2.44 bits per heavy atom. The Bertz CT molecular complexity index is 1130. The third kappa shape index (κ3) is 6.67. The van der Waals surface area contributed by atoms with Crippen molar-refractivity contribution in [1.29, 1.82) is 0 Å². The van der Waals surface area contributed by atoms with Gasteiger partial charge in [-0.2, -0.15) is 0 Å². The lowest BCUT2D eigenvalue weighted by Gasteiger charge is -2.27. The van der Waals surface area contributed by atoms with Crippen molar-refractivity contribution in [1.82, 2.24) is 10.2 Å². The molecule has 0 spiro atoms. The Morgan fingerprint density at radius 2 is 1.82 bits per heavy atom. The van der Waals surface area contributed by atoms with Crippen LogP contribution in [0.5, 0.6) is 5.75 Å². The molecule has 2 aromatic carbocycles. The summed E-state index contributed by atoms with van der Waals surface area (Å²) in [6, 6.07) is 11.4. The van der Waals surface area contributed by atoms with Crippen LogP contribution < -0.4 is 14.4 Å². The molecule has 0 bridgehead atoms. The number of hydrogen-bond acceptors (Lipinski definition) is 7. The molecule has 0 aromatic heterocycles. The topological polar surface area (TPSA) is 122 Å². The predicted octanol–water partition coefficient (Wildman–Crippen LogP) is 2.67. The van der Waals surface area contributed by atoms with Crippen LogP contribution in [0.15, 0.2) is 42.5 Å². The number of rotatable bonds is 10. The van der Waals surface area contributed by atoms with E-state index in [2.05, 4.69) is 10.2 Å². The van der Waals surface area contributed by atoms with Crippen molar-refractivity contribution in [2.24, 2.45) is 0 Å². The molecule has 1 fully saturated rings. The third-order valence-electron chi connectivity index (χ3n) is 5.77. The van der Waals surface area contributed by atoms with Crippen LogP contribution in [0.25, 0.3) is 0 Å². The van der Waals surface area contributed by atoms with Crippen molar-refractivity contribution in [3.05, 3.63) is 63.7 Å². The molecule has 0 atom stereocenters. The summed E-state index contributed by atoms with van der Waals surface area (Å²) in [7, 11) is -2.61. The van der Waals surface area contributed by atoms with Crippen molar-refractivity contribution in [3.63, 3.8) is 0 Å². The highest BCUT2D eigenvalue weighted by Crippen LogP contribution is 2.33. The molecule has 1 aliphatic rings. The van der Waals surface area contributed by atoms with Gasteiger partial charge in [0.05, 0.1) is 18.3 Å². The number of amides is 1. The van der Waals surface area contributed by atoms with Crippen LogP contribution in [0.2, 0.25) is 0 Å². The quantitative estimate of drug-likeness (QED) is 0.401. The normalized spacial score (nSPS) is 14.4. The maximum absolute atomic E-state index is 12.8. The fraction of sp³-hybridized carbons (Fsp3) is 0.435. The molecule has 2 aromatic rings. The number of nitro groups is 1. The van der Waals surface area contributed by atoms with Crippen LogP contribution in [-0.2, 0) is 27.9 Å². The number of anilines is 1. The molecule has 1 aliphatic heterocycles. The first-order valence-corrected chi connectivity index (χ1v) is 12.9. The maximum atomic E-state index is 12.8. The second kappa shape index (κ2) is 11.3. The average Bonchev–Trinajstić information content (AvgIpc) is 2.81. The van der Waals surface area contributed by atoms with Gasteiger partial charge in [0.15, 0.2) is 0 Å². The number of ether oxygens (including phenoxy) is 1. The molecule has 0 unspecified atom stereocenters. The Hall–Kier alpha value is -3.18. The van der Waals surface area contributed by atoms with Gasteiger partial charge in [-0.25, -0.2) is 8.42 Å². The van der Waals surface area contributed by atoms with E-state index < -0.39 is 27.4 Å². The van der Waals surface area contributed by atoms with Gasteiger partial charge in [-0.3, -0.25) is 24.1 Å². The largest absolute Gasteiger partial charge is 0.495 e. The fourth-order valence-electron chi connectivity index (χ4n) is 3.99. The SMILES string of the molecule is COc1ccc([N+](=O)[O-])cc1N(CC(=O)NCc1ccccc1CN1CCCCC1)S(C)(=O)=O. The van der Waals surface area contributed by atoms with Crippen LogP contribution in [0.1, 0.15) is 30.4 Å². The summed E-state index contributed by atoms with van der Waals surface area (Å²) in [6.45, 7) is 2.60. The molecule has 0 aliphatic carbocycles. The number of carbonyl (C=O) groups is 1. The summed E-state index contributed by atoms with van der Waals surface area (Å²) in [4.78, 5) is 25.7. The molecular formula is C23H30N4O6S. The van der Waals surface area contributed by atoms with E-state index >= 15 is 0 Å². The summed E-state index contributed by atoms with van der Waals surface area (Å²) in [5.41, 5.74) is 1.70. The van der Waals surface area contributed by atoms with E-state index in [9.17, 15) is 23.3 Å². The van der Waals surface area contributed by atoms with Crippen LogP contribution in [-0.4, -0.2) is 57.1 Å².